The summed E-state index contributed by atoms with van der Waals surface area (Å²) in [5.74, 6) is -4.37. The lowest BCUT2D eigenvalue weighted by molar-refractivity contribution is 0.0688. The number of aromatic carboxylic acids is 4. The van der Waals surface area contributed by atoms with Gasteiger partial charge in [0.05, 0.1) is 0 Å². The lowest BCUT2D eigenvalue weighted by atomic mass is 9.87. The van der Waals surface area contributed by atoms with Crippen molar-refractivity contribution in [2.24, 2.45) is 0 Å². The lowest BCUT2D eigenvalue weighted by Gasteiger charge is -2.19. The summed E-state index contributed by atoms with van der Waals surface area (Å²) in [7, 11) is 0. The molecule has 0 radical (unpaired) electrons. The molecule has 0 saturated carbocycles. The molecule has 9 N–H and O–H groups in total. The molecule has 0 aliphatic heterocycles. The van der Waals surface area contributed by atoms with Crippen LogP contribution < -0.4 is 26.6 Å². The Bertz CT molecular complexity index is 5010. The predicted molar refractivity (Wildman–Crippen MR) is 437 cm³/mol. The van der Waals surface area contributed by atoms with Gasteiger partial charge in [-0.2, -0.15) is 0 Å². The number of urea groups is 1. The number of carboxylic acids is 4. The Morgan fingerprint density at radius 1 is 0.467 bits per heavy atom. The Morgan fingerprint density at radius 3 is 1.41 bits per heavy atom. The molecule has 5 aromatic heterocycles. The molecule has 0 spiro atoms. The minimum absolute atomic E-state index is 0.00276. The molecular weight excluding hydrogens is 1560 g/mol. The molecule has 0 fully saturated rings. The van der Waals surface area contributed by atoms with Crippen molar-refractivity contribution in [2.45, 2.75) is 65.0 Å². The zero-order valence-corrected chi connectivity index (χ0v) is 65.2. The van der Waals surface area contributed by atoms with Crippen molar-refractivity contribution in [3.8, 4) is 44.5 Å². The molecule has 107 heavy (non-hydrogen) atoms. The number of amides is 3. The molecule has 5 heterocycles. The van der Waals surface area contributed by atoms with Crippen LogP contribution in [0.2, 0.25) is 25.1 Å². The summed E-state index contributed by atoms with van der Waals surface area (Å²) in [5.41, 5.74) is 8.61. The smallest absolute Gasteiger partial charge is 0.412 e. The van der Waals surface area contributed by atoms with E-state index in [2.05, 4.69) is 58.8 Å². The monoisotopic (exact) mass is 1630 g/mol. The van der Waals surface area contributed by atoms with Crippen LogP contribution >= 0.6 is 115 Å². The number of benzene rings is 7. The highest BCUT2D eigenvalue weighted by molar-refractivity contribution is 7.17. The third-order valence-corrected chi connectivity index (χ3v) is 22.4. The van der Waals surface area contributed by atoms with Gasteiger partial charge in [0.1, 0.15) is 54.7 Å². The third-order valence-electron chi connectivity index (χ3n) is 15.8. The number of halogens is 6. The van der Waals surface area contributed by atoms with E-state index >= 15 is 0 Å². The third kappa shape index (κ3) is 23.5. The summed E-state index contributed by atoms with van der Waals surface area (Å²) >= 11 is 36.7. The molecule has 552 valence electrons. The number of carboxylic acid groups (broad SMARTS) is 4. The minimum Gasteiger partial charge on any atom is -0.478 e. The number of carbonyl (C=O) groups is 6. The maximum absolute atomic E-state index is 13.3. The second kappa shape index (κ2) is 39.3. The number of anilines is 4. The van der Waals surface area contributed by atoms with Crippen LogP contribution in [0.4, 0.5) is 34.0 Å². The molecule has 0 saturated heterocycles. The molecular formula is C80H69Cl5FN5O11S5. The Kier molecular flexibility index (Phi) is 30.0. The first-order valence-electron chi connectivity index (χ1n) is 32.8. The first-order chi connectivity index (χ1) is 51.3. The molecule has 7 aromatic carbocycles. The van der Waals surface area contributed by atoms with Gasteiger partial charge in [-0.1, -0.05) is 194 Å². The van der Waals surface area contributed by atoms with Gasteiger partial charge >= 0.3 is 36.0 Å². The van der Waals surface area contributed by atoms with E-state index in [-0.39, 0.29) is 44.5 Å². The molecule has 3 amide bonds. The number of aryl methyl sites for hydroxylation is 2. The summed E-state index contributed by atoms with van der Waals surface area (Å²) in [6.07, 6.45) is 2.69. The van der Waals surface area contributed by atoms with Crippen LogP contribution in [0.15, 0.2) is 210 Å². The fourth-order valence-electron chi connectivity index (χ4n) is 10.6. The Balaban J connectivity index is 0.000000165. The number of hydrogen-bond acceptors (Lipinski definition) is 14. The van der Waals surface area contributed by atoms with Gasteiger partial charge < -0.3 is 41.1 Å². The van der Waals surface area contributed by atoms with E-state index in [4.69, 9.17) is 62.7 Å². The molecule has 16 nitrogen and oxygen atoms in total. The fourth-order valence-corrected chi connectivity index (χ4v) is 16.3. The van der Waals surface area contributed by atoms with Crippen LogP contribution in [-0.2, 0) is 36.1 Å². The zero-order valence-electron chi connectivity index (χ0n) is 57.3. The molecule has 27 heteroatoms. The number of hydrogen-bond donors (Lipinski definition) is 9. The van der Waals surface area contributed by atoms with Crippen LogP contribution in [0.1, 0.15) is 101 Å². The van der Waals surface area contributed by atoms with Crippen molar-refractivity contribution >= 4 is 171 Å². The number of ether oxygens (including phenoxy) is 1. The van der Waals surface area contributed by atoms with Crippen molar-refractivity contribution in [1.82, 2.24) is 5.32 Å². The highest BCUT2D eigenvalue weighted by atomic mass is 35.5. The van der Waals surface area contributed by atoms with Gasteiger partial charge in [-0.05, 0) is 143 Å². The Morgan fingerprint density at radius 2 is 0.925 bits per heavy atom. The summed E-state index contributed by atoms with van der Waals surface area (Å²) in [5, 5.41) is 65.2. The van der Waals surface area contributed by atoms with Gasteiger partial charge in [-0.15, -0.1) is 56.7 Å². The van der Waals surface area contributed by atoms with E-state index in [1.54, 1.807) is 125 Å². The van der Waals surface area contributed by atoms with Crippen molar-refractivity contribution in [3.63, 3.8) is 0 Å². The first kappa shape index (κ1) is 81.5. The molecule has 0 atom stereocenters. The zero-order chi connectivity index (χ0) is 76.7. The van der Waals surface area contributed by atoms with E-state index in [1.165, 1.54) is 51.0 Å². The van der Waals surface area contributed by atoms with Crippen LogP contribution in [0.5, 0.6) is 0 Å². The van der Waals surface area contributed by atoms with E-state index in [0.29, 0.717) is 82.4 Å². The Labute approximate surface area is 662 Å². The first-order valence-corrected chi connectivity index (χ1v) is 39.0. The van der Waals surface area contributed by atoms with Crippen LogP contribution in [0.25, 0.3) is 44.5 Å². The standard InChI is InChI=1S/C24H25ClFNO2S.C19H13Cl2NO4S.C19H15ClN2O3S.C18H16ClNO2S2/c1-24(2,3)21-19(16-9-11-17(25)12-10-16)20(23(28)29)22(30-21)27-13-5-7-15-6-4-8-18(26)14-15;20-13-7-5-11(6-8-13)14-10-27-17(16(14)18(23)24)22-19(25)26-9-12-3-1-2-4-15(12)21;20-14-8-6-13(7-9-14)15-11-26-17(16(15)18(23)24)22-19(25)21-10-12-4-2-1-3-5-12;19-13-7-5-12(6-8-13)15-11-24-17(16(15)18(21)22)20-9-1-3-14-4-2-10-23-14/h4,6,8-12,14,27H,5,7,13H2,1-3H3,(H,28,29);1-8,10H,9H2,(H,22,25)(H,23,24);1-9,11H,10H2,(H,23,24)(H2,21,22,25);2,4-8,10-11,20H,1,3,9H2,(H,21,22). The molecule has 0 aliphatic rings. The van der Waals surface area contributed by atoms with Gasteiger partial charge in [0, 0.05) is 98.5 Å². The minimum atomic E-state index is -1.15. The van der Waals surface area contributed by atoms with Gasteiger partial charge in [0.15, 0.2) is 0 Å². The van der Waals surface area contributed by atoms with Gasteiger partial charge in [0.25, 0.3) is 0 Å². The average Bonchev–Trinajstić information content (AvgIpc) is 1.59. The maximum atomic E-state index is 13.3. The largest absolute Gasteiger partial charge is 0.478 e. The van der Waals surface area contributed by atoms with Gasteiger partial charge in [-0.3, -0.25) is 10.6 Å². The van der Waals surface area contributed by atoms with Crippen molar-refractivity contribution in [3.05, 3.63) is 289 Å². The van der Waals surface area contributed by atoms with Crippen molar-refractivity contribution < 1.29 is 58.3 Å². The summed E-state index contributed by atoms with van der Waals surface area (Å²) in [4.78, 5) is 73.9. The van der Waals surface area contributed by atoms with Crippen molar-refractivity contribution in [2.75, 3.05) is 34.4 Å². The molecule has 12 rings (SSSR count). The summed E-state index contributed by atoms with van der Waals surface area (Å²) in [6.45, 7) is 7.92. The highest BCUT2D eigenvalue weighted by Crippen LogP contribution is 2.47. The van der Waals surface area contributed by atoms with E-state index in [9.17, 15) is 53.6 Å². The molecule has 0 unspecified atom stereocenters. The van der Waals surface area contributed by atoms with E-state index < -0.39 is 36.0 Å². The molecule has 12 aromatic rings. The fraction of sp³-hybridized carbons (Fsp3) is 0.150. The summed E-state index contributed by atoms with van der Waals surface area (Å²) in [6, 6.07) is 54.9. The predicted octanol–water partition coefficient (Wildman–Crippen LogP) is 24.4. The van der Waals surface area contributed by atoms with E-state index in [1.807, 2.05) is 72.1 Å². The van der Waals surface area contributed by atoms with Crippen LogP contribution in [-0.4, -0.2) is 69.5 Å². The average molecular weight is 1630 g/mol. The van der Waals surface area contributed by atoms with Crippen molar-refractivity contribution in [1.29, 1.82) is 0 Å². The van der Waals surface area contributed by atoms with Gasteiger partial charge in [0.2, 0.25) is 0 Å². The number of nitrogens with one attached hydrogen (secondary N) is 5. The van der Waals surface area contributed by atoms with Crippen LogP contribution in [0.3, 0.4) is 0 Å². The number of rotatable bonds is 24. The second-order valence-electron chi connectivity index (χ2n) is 24.4. The molecule has 0 bridgehead atoms. The summed E-state index contributed by atoms with van der Waals surface area (Å²) < 4.78 is 18.5. The lowest BCUT2D eigenvalue weighted by Crippen LogP contribution is -2.28. The maximum Gasteiger partial charge on any atom is 0.412 e. The number of carbonyl (C=O) groups excluding carboxylic acids is 2. The number of thiophene rings is 5. The molecule has 0 aliphatic carbocycles. The van der Waals surface area contributed by atoms with Gasteiger partial charge in [-0.25, -0.2) is 33.2 Å². The second-order valence-corrected chi connectivity index (χ2v) is 31.3. The van der Waals surface area contributed by atoms with E-state index in [0.717, 1.165) is 81.0 Å². The highest BCUT2D eigenvalue weighted by Gasteiger charge is 2.31. The SMILES string of the molecule is CC(C)(C)c1sc(NCCCc2cccc(F)c2)c(C(=O)O)c1-c1ccc(Cl)cc1.O=C(NCc1ccccc1)Nc1scc(-c2ccc(Cl)cc2)c1C(=O)O.O=C(Nc1scc(-c2ccc(Cl)cc2)c1C(=O)O)OCc1ccccc1Cl.O=C(O)c1c(-c2ccc(Cl)cc2)csc1NCCCc1cccs1. The quantitative estimate of drug-likeness (QED) is 0.0256. The normalized spacial score (nSPS) is 10.8. The van der Waals surface area contributed by atoms with Crippen LogP contribution in [0, 0.1) is 5.82 Å². The Hall–Kier alpha value is -9.56. The topological polar surface area (TPSA) is 253 Å².